The third kappa shape index (κ3) is 1.17. The molecule has 4 nitrogen and oxygen atoms in total. The maximum absolute atomic E-state index is 6.26. The molecule has 1 aliphatic rings. The number of hydrogen-bond acceptors (Lipinski definition) is 3. The Morgan fingerprint density at radius 3 is 2.71 bits per heavy atom. The van der Waals surface area contributed by atoms with Crippen molar-refractivity contribution >= 4 is 0 Å². The Morgan fingerprint density at radius 2 is 2.21 bits per heavy atom. The molecule has 1 aromatic rings. The highest BCUT2D eigenvalue weighted by molar-refractivity contribution is 5.22. The molecule has 2 N–H and O–H groups in total. The standard InChI is InChI=1S/C10H18N4/c1-4-14-8(12-7-13-14)9(2,3)10(11)5-6-10/h7H,4-6,11H2,1-3H3. The highest BCUT2D eigenvalue weighted by Gasteiger charge is 2.54. The van der Waals surface area contributed by atoms with Gasteiger partial charge in [0.15, 0.2) is 0 Å². The van der Waals surface area contributed by atoms with E-state index in [1.165, 1.54) is 0 Å². The maximum atomic E-state index is 6.26. The minimum atomic E-state index is -0.0699. The molecule has 2 rings (SSSR count). The van der Waals surface area contributed by atoms with E-state index < -0.39 is 0 Å². The zero-order valence-corrected chi connectivity index (χ0v) is 9.12. The largest absolute Gasteiger partial charge is 0.324 e. The van der Waals surface area contributed by atoms with Gasteiger partial charge in [-0.15, -0.1) is 0 Å². The van der Waals surface area contributed by atoms with Gasteiger partial charge in [0, 0.05) is 17.5 Å². The summed E-state index contributed by atoms with van der Waals surface area (Å²) in [5.41, 5.74) is 6.13. The van der Waals surface area contributed by atoms with Crippen molar-refractivity contribution in [2.24, 2.45) is 5.73 Å². The summed E-state index contributed by atoms with van der Waals surface area (Å²) in [5.74, 6) is 1.01. The van der Waals surface area contributed by atoms with Crippen LogP contribution in [0.3, 0.4) is 0 Å². The van der Waals surface area contributed by atoms with Crippen LogP contribution in [-0.4, -0.2) is 20.3 Å². The Labute approximate surface area is 84.5 Å². The van der Waals surface area contributed by atoms with Gasteiger partial charge in [-0.2, -0.15) is 5.10 Å². The summed E-state index contributed by atoms with van der Waals surface area (Å²) in [6.07, 6.45) is 3.81. The molecule has 0 atom stereocenters. The van der Waals surface area contributed by atoms with Gasteiger partial charge in [-0.1, -0.05) is 13.8 Å². The van der Waals surface area contributed by atoms with Crippen molar-refractivity contribution < 1.29 is 0 Å². The molecule has 1 saturated carbocycles. The maximum Gasteiger partial charge on any atom is 0.138 e. The summed E-state index contributed by atoms with van der Waals surface area (Å²) in [6, 6.07) is 0. The molecule has 0 unspecified atom stereocenters. The molecule has 0 bridgehead atoms. The number of nitrogens with two attached hydrogens (primary N) is 1. The smallest absolute Gasteiger partial charge is 0.138 e. The number of rotatable bonds is 3. The van der Waals surface area contributed by atoms with E-state index in [0.29, 0.717) is 0 Å². The predicted molar refractivity (Wildman–Crippen MR) is 54.9 cm³/mol. The van der Waals surface area contributed by atoms with Crippen LogP contribution in [-0.2, 0) is 12.0 Å². The highest BCUT2D eigenvalue weighted by atomic mass is 15.3. The fraction of sp³-hybridized carbons (Fsp3) is 0.800. The van der Waals surface area contributed by atoms with Gasteiger partial charge in [0.25, 0.3) is 0 Å². The van der Waals surface area contributed by atoms with Gasteiger partial charge in [-0.3, -0.25) is 0 Å². The minimum absolute atomic E-state index is 0.0625. The van der Waals surface area contributed by atoms with Crippen molar-refractivity contribution in [1.82, 2.24) is 14.8 Å². The van der Waals surface area contributed by atoms with Gasteiger partial charge in [-0.05, 0) is 19.8 Å². The number of aromatic nitrogens is 3. The van der Waals surface area contributed by atoms with Gasteiger partial charge < -0.3 is 5.73 Å². The quantitative estimate of drug-likeness (QED) is 0.783. The van der Waals surface area contributed by atoms with Gasteiger partial charge in [0.1, 0.15) is 12.2 Å². The molecule has 1 aliphatic carbocycles. The summed E-state index contributed by atoms with van der Waals surface area (Å²) in [4.78, 5) is 4.34. The number of aryl methyl sites for hydroxylation is 1. The van der Waals surface area contributed by atoms with Gasteiger partial charge in [0.2, 0.25) is 0 Å². The minimum Gasteiger partial charge on any atom is -0.324 e. The third-order valence-electron chi connectivity index (χ3n) is 3.51. The van der Waals surface area contributed by atoms with E-state index in [9.17, 15) is 0 Å². The van der Waals surface area contributed by atoms with Crippen molar-refractivity contribution in [3.63, 3.8) is 0 Å². The van der Waals surface area contributed by atoms with E-state index in [-0.39, 0.29) is 11.0 Å². The lowest BCUT2D eigenvalue weighted by molar-refractivity contribution is 0.349. The lowest BCUT2D eigenvalue weighted by Gasteiger charge is -2.30. The molecule has 78 valence electrons. The lowest BCUT2D eigenvalue weighted by atomic mass is 9.81. The Morgan fingerprint density at radius 1 is 1.57 bits per heavy atom. The highest BCUT2D eigenvalue weighted by Crippen LogP contribution is 2.48. The summed E-state index contributed by atoms with van der Waals surface area (Å²) in [7, 11) is 0. The number of nitrogens with zero attached hydrogens (tertiary/aromatic N) is 3. The Balaban J connectivity index is 2.38. The zero-order chi connectivity index (χ0) is 10.4. The second-order valence-electron chi connectivity index (χ2n) is 4.68. The van der Waals surface area contributed by atoms with Crippen LogP contribution in [0, 0.1) is 0 Å². The molecular weight excluding hydrogens is 176 g/mol. The average Bonchev–Trinajstić information content (AvgIpc) is 2.73. The van der Waals surface area contributed by atoms with Crippen LogP contribution >= 0.6 is 0 Å². The topological polar surface area (TPSA) is 56.7 Å². The first-order valence-corrected chi connectivity index (χ1v) is 5.18. The Kier molecular flexibility index (Phi) is 1.93. The van der Waals surface area contributed by atoms with Crippen LogP contribution in [0.5, 0.6) is 0 Å². The van der Waals surface area contributed by atoms with E-state index >= 15 is 0 Å². The molecule has 0 saturated heterocycles. The predicted octanol–water partition coefficient (Wildman–Crippen LogP) is 1.07. The van der Waals surface area contributed by atoms with Crippen molar-refractivity contribution in [3.05, 3.63) is 12.2 Å². The number of hydrogen-bond donors (Lipinski definition) is 1. The van der Waals surface area contributed by atoms with Gasteiger partial charge in [-0.25, -0.2) is 9.67 Å². The molecule has 1 fully saturated rings. The van der Waals surface area contributed by atoms with Crippen LogP contribution in [0.4, 0.5) is 0 Å². The molecule has 14 heavy (non-hydrogen) atoms. The molecular formula is C10H18N4. The van der Waals surface area contributed by atoms with Crippen molar-refractivity contribution in [3.8, 4) is 0 Å². The molecule has 4 heteroatoms. The molecule has 0 aliphatic heterocycles. The molecule has 1 aromatic heterocycles. The van der Waals surface area contributed by atoms with E-state index in [0.717, 1.165) is 25.2 Å². The van der Waals surface area contributed by atoms with E-state index in [1.807, 2.05) is 4.68 Å². The van der Waals surface area contributed by atoms with Crippen molar-refractivity contribution in [1.29, 1.82) is 0 Å². The van der Waals surface area contributed by atoms with Gasteiger partial charge in [0.05, 0.1) is 0 Å². The van der Waals surface area contributed by atoms with E-state index in [4.69, 9.17) is 5.73 Å². The second-order valence-corrected chi connectivity index (χ2v) is 4.68. The zero-order valence-electron chi connectivity index (χ0n) is 9.12. The second kappa shape index (κ2) is 2.79. The first kappa shape index (κ1) is 9.65. The molecule has 0 radical (unpaired) electrons. The van der Waals surface area contributed by atoms with Gasteiger partial charge >= 0.3 is 0 Å². The Bertz CT molecular complexity index is 336. The summed E-state index contributed by atoms with van der Waals surface area (Å²) >= 11 is 0. The fourth-order valence-corrected chi connectivity index (χ4v) is 1.96. The summed E-state index contributed by atoms with van der Waals surface area (Å²) < 4.78 is 1.94. The molecule has 0 aromatic carbocycles. The third-order valence-corrected chi connectivity index (χ3v) is 3.51. The monoisotopic (exact) mass is 194 g/mol. The van der Waals surface area contributed by atoms with Crippen molar-refractivity contribution in [2.45, 2.75) is 51.1 Å². The van der Waals surface area contributed by atoms with Crippen LogP contribution in [0.1, 0.15) is 39.4 Å². The van der Waals surface area contributed by atoms with E-state index in [1.54, 1.807) is 6.33 Å². The Hall–Kier alpha value is -0.900. The summed E-state index contributed by atoms with van der Waals surface area (Å²) in [6.45, 7) is 7.26. The SMILES string of the molecule is CCn1ncnc1C(C)(C)C1(N)CC1. The van der Waals surface area contributed by atoms with Crippen LogP contribution < -0.4 is 5.73 Å². The van der Waals surface area contributed by atoms with E-state index in [2.05, 4.69) is 30.9 Å². The fourth-order valence-electron chi connectivity index (χ4n) is 1.96. The van der Waals surface area contributed by atoms with Crippen molar-refractivity contribution in [2.75, 3.05) is 0 Å². The first-order valence-electron chi connectivity index (χ1n) is 5.18. The summed E-state index contributed by atoms with van der Waals surface area (Å²) in [5, 5.41) is 4.19. The van der Waals surface area contributed by atoms with Crippen LogP contribution in [0.15, 0.2) is 6.33 Å². The van der Waals surface area contributed by atoms with Crippen LogP contribution in [0.2, 0.25) is 0 Å². The normalized spacial score (nSPS) is 19.7. The average molecular weight is 194 g/mol. The molecule has 0 amide bonds. The lowest BCUT2D eigenvalue weighted by Crippen LogP contribution is -2.45. The first-order chi connectivity index (χ1) is 6.51. The van der Waals surface area contributed by atoms with Crippen LogP contribution in [0.25, 0.3) is 0 Å². The molecule has 0 spiro atoms. The molecule has 1 heterocycles.